The molecular formula is C22H25N3O5. The number of nitrogens with zero attached hydrogens (tertiary/aromatic N) is 1. The summed E-state index contributed by atoms with van der Waals surface area (Å²) in [5.74, 6) is -2.34. The normalized spacial score (nSPS) is 10.6. The van der Waals surface area contributed by atoms with Gasteiger partial charge in [0, 0.05) is 18.2 Å². The molecule has 0 amide bonds. The summed E-state index contributed by atoms with van der Waals surface area (Å²) in [7, 11) is 1.26. The molecule has 0 aliphatic heterocycles. The Labute approximate surface area is 174 Å². The molecule has 0 aromatic heterocycles. The van der Waals surface area contributed by atoms with Crippen LogP contribution in [0.1, 0.15) is 54.6 Å². The van der Waals surface area contributed by atoms with Gasteiger partial charge in [0.05, 0.1) is 18.2 Å². The molecule has 8 heteroatoms. The van der Waals surface area contributed by atoms with E-state index in [0.717, 1.165) is 11.0 Å². The number of carbonyl (C=O) groups excluding carboxylic acids is 2. The molecule has 0 radical (unpaired) electrons. The first-order chi connectivity index (χ1) is 14.1. The van der Waals surface area contributed by atoms with Crippen molar-refractivity contribution in [1.82, 2.24) is 0 Å². The Bertz CT molecular complexity index is 997. The van der Waals surface area contributed by atoms with Crippen LogP contribution < -0.4 is 4.90 Å². The number of nitrogens with one attached hydrogen (secondary N) is 2. The van der Waals surface area contributed by atoms with E-state index in [2.05, 4.69) is 4.74 Å². The highest BCUT2D eigenvalue weighted by molar-refractivity contribution is 6.48. The Kier molecular flexibility index (Phi) is 6.94. The van der Waals surface area contributed by atoms with E-state index in [1.54, 1.807) is 6.92 Å². The molecule has 0 unspecified atom stereocenters. The zero-order chi connectivity index (χ0) is 22.6. The molecule has 2 aromatic rings. The number of hydrogen-bond acceptors (Lipinski definition) is 7. The number of phenols is 2. The van der Waals surface area contributed by atoms with Crippen molar-refractivity contribution in [1.29, 1.82) is 10.8 Å². The first-order valence-electron chi connectivity index (χ1n) is 9.37. The van der Waals surface area contributed by atoms with Crippen molar-refractivity contribution < 1.29 is 24.5 Å². The highest BCUT2D eigenvalue weighted by Crippen LogP contribution is 2.33. The summed E-state index contributed by atoms with van der Waals surface area (Å²) in [5.41, 5.74) is 1.14. The fourth-order valence-corrected chi connectivity index (χ4v) is 2.89. The molecule has 30 heavy (non-hydrogen) atoms. The SMILES string of the molecule is CCC(=O)C(=N)N(C(=N)c1cc(C(C)C)c(O)cc1O)c1ccc(C(=O)OC)cc1. The average Bonchev–Trinajstić information content (AvgIpc) is 2.72. The van der Waals surface area contributed by atoms with Crippen LogP contribution in [-0.4, -0.2) is 40.7 Å². The minimum Gasteiger partial charge on any atom is -0.508 e. The Hall–Kier alpha value is -3.68. The molecule has 2 aromatic carbocycles. The summed E-state index contributed by atoms with van der Waals surface area (Å²) in [6.45, 7) is 5.31. The summed E-state index contributed by atoms with van der Waals surface area (Å²) < 4.78 is 4.67. The van der Waals surface area contributed by atoms with Crippen molar-refractivity contribution in [2.45, 2.75) is 33.1 Å². The van der Waals surface area contributed by atoms with Crippen LogP contribution in [0.3, 0.4) is 0 Å². The van der Waals surface area contributed by atoms with Gasteiger partial charge in [-0.1, -0.05) is 20.8 Å². The van der Waals surface area contributed by atoms with E-state index in [1.807, 2.05) is 13.8 Å². The van der Waals surface area contributed by atoms with Gasteiger partial charge in [-0.2, -0.15) is 0 Å². The van der Waals surface area contributed by atoms with Gasteiger partial charge >= 0.3 is 5.97 Å². The molecule has 0 saturated carbocycles. The first-order valence-corrected chi connectivity index (χ1v) is 9.37. The summed E-state index contributed by atoms with van der Waals surface area (Å²) in [6, 6.07) is 8.50. The monoisotopic (exact) mass is 411 g/mol. The third kappa shape index (κ3) is 4.48. The number of hydrogen-bond donors (Lipinski definition) is 4. The van der Waals surface area contributed by atoms with E-state index in [1.165, 1.54) is 37.4 Å². The number of benzene rings is 2. The van der Waals surface area contributed by atoms with Gasteiger partial charge in [-0.15, -0.1) is 0 Å². The summed E-state index contributed by atoms with van der Waals surface area (Å²) in [6.07, 6.45) is 0.0572. The molecule has 0 bridgehead atoms. The third-order valence-corrected chi connectivity index (χ3v) is 4.60. The molecule has 0 atom stereocenters. The zero-order valence-corrected chi connectivity index (χ0v) is 17.3. The quantitative estimate of drug-likeness (QED) is 0.324. The van der Waals surface area contributed by atoms with Gasteiger partial charge < -0.3 is 14.9 Å². The first kappa shape index (κ1) is 22.6. The number of ketones is 1. The Balaban J connectivity index is 2.60. The van der Waals surface area contributed by atoms with E-state index in [-0.39, 0.29) is 46.5 Å². The number of anilines is 1. The molecule has 158 valence electrons. The number of rotatable bonds is 6. The fourth-order valence-electron chi connectivity index (χ4n) is 2.89. The van der Waals surface area contributed by atoms with Crippen LogP contribution in [0.5, 0.6) is 11.5 Å². The van der Waals surface area contributed by atoms with Crippen LogP contribution in [-0.2, 0) is 9.53 Å². The van der Waals surface area contributed by atoms with Crippen LogP contribution in [0, 0.1) is 10.8 Å². The van der Waals surface area contributed by atoms with Crippen molar-refractivity contribution >= 4 is 29.1 Å². The largest absolute Gasteiger partial charge is 0.508 e. The highest BCUT2D eigenvalue weighted by atomic mass is 16.5. The Morgan fingerprint density at radius 1 is 1.07 bits per heavy atom. The number of Topliss-reactive ketones (excluding diaryl/α,β-unsaturated/α-hetero) is 1. The summed E-state index contributed by atoms with van der Waals surface area (Å²) >= 11 is 0. The molecule has 2 rings (SSSR count). The second kappa shape index (κ2) is 9.21. The number of amidine groups is 2. The smallest absolute Gasteiger partial charge is 0.337 e. The number of aromatic hydroxyl groups is 2. The lowest BCUT2D eigenvalue weighted by Gasteiger charge is -2.26. The van der Waals surface area contributed by atoms with Crippen LogP contribution in [0.2, 0.25) is 0 Å². The fraction of sp³-hybridized carbons (Fsp3) is 0.273. The van der Waals surface area contributed by atoms with Gasteiger partial charge in [0.15, 0.2) is 11.6 Å². The van der Waals surface area contributed by atoms with Gasteiger partial charge in [-0.25, -0.2) is 4.79 Å². The van der Waals surface area contributed by atoms with Crippen LogP contribution >= 0.6 is 0 Å². The predicted octanol–water partition coefficient (Wildman–Crippen LogP) is 3.80. The molecule has 0 spiro atoms. The molecule has 0 heterocycles. The highest BCUT2D eigenvalue weighted by Gasteiger charge is 2.26. The van der Waals surface area contributed by atoms with Crippen LogP contribution in [0.25, 0.3) is 0 Å². The van der Waals surface area contributed by atoms with Crippen LogP contribution in [0.4, 0.5) is 5.69 Å². The van der Waals surface area contributed by atoms with Crippen molar-refractivity contribution in [3.8, 4) is 11.5 Å². The summed E-state index contributed by atoms with van der Waals surface area (Å²) in [4.78, 5) is 25.0. The van der Waals surface area contributed by atoms with Gasteiger partial charge in [-0.3, -0.25) is 20.5 Å². The van der Waals surface area contributed by atoms with E-state index in [4.69, 9.17) is 10.8 Å². The van der Waals surface area contributed by atoms with Crippen molar-refractivity contribution in [3.05, 3.63) is 53.1 Å². The number of phenolic OH excluding ortho intramolecular Hbond substituents is 2. The van der Waals surface area contributed by atoms with E-state index < -0.39 is 17.6 Å². The predicted molar refractivity (Wildman–Crippen MR) is 114 cm³/mol. The van der Waals surface area contributed by atoms with Crippen molar-refractivity contribution in [2.75, 3.05) is 12.0 Å². The molecule has 0 aliphatic carbocycles. The molecule has 8 nitrogen and oxygen atoms in total. The Morgan fingerprint density at radius 2 is 1.67 bits per heavy atom. The van der Waals surface area contributed by atoms with Gasteiger partial charge in [0.25, 0.3) is 0 Å². The molecular weight excluding hydrogens is 386 g/mol. The topological polar surface area (TPSA) is 135 Å². The van der Waals surface area contributed by atoms with E-state index in [0.29, 0.717) is 5.56 Å². The number of esters is 1. The van der Waals surface area contributed by atoms with Gasteiger partial charge in [0.1, 0.15) is 17.3 Å². The maximum Gasteiger partial charge on any atom is 0.337 e. The second-order valence-corrected chi connectivity index (χ2v) is 6.93. The lowest BCUT2D eigenvalue weighted by atomic mass is 9.98. The number of ether oxygens (including phenoxy) is 1. The minimum atomic E-state index is -0.541. The molecule has 4 N–H and O–H groups in total. The maximum absolute atomic E-state index is 12.3. The second-order valence-electron chi connectivity index (χ2n) is 6.93. The molecule has 0 saturated heterocycles. The summed E-state index contributed by atoms with van der Waals surface area (Å²) in [5, 5.41) is 37.4. The van der Waals surface area contributed by atoms with E-state index in [9.17, 15) is 19.8 Å². The maximum atomic E-state index is 12.3. The third-order valence-electron chi connectivity index (χ3n) is 4.60. The Morgan fingerprint density at radius 3 is 2.17 bits per heavy atom. The standard InChI is InChI=1S/C22H25N3O5/c1-5-17(26)21(24)25(14-8-6-13(7-9-14)22(29)30-4)20(23)16-10-15(12(2)3)18(27)11-19(16)28/h6-12,23-24,27-28H,5H2,1-4H3. The van der Waals surface area contributed by atoms with Crippen LogP contribution in [0.15, 0.2) is 36.4 Å². The lowest BCUT2D eigenvalue weighted by Crippen LogP contribution is -2.41. The lowest BCUT2D eigenvalue weighted by molar-refractivity contribution is -0.112. The zero-order valence-electron chi connectivity index (χ0n) is 17.3. The van der Waals surface area contributed by atoms with Crippen molar-refractivity contribution in [2.24, 2.45) is 0 Å². The van der Waals surface area contributed by atoms with Crippen molar-refractivity contribution in [3.63, 3.8) is 0 Å². The molecule has 0 aliphatic rings. The van der Waals surface area contributed by atoms with Gasteiger partial charge in [-0.05, 0) is 41.8 Å². The number of methoxy groups -OCH3 is 1. The molecule has 0 fully saturated rings. The van der Waals surface area contributed by atoms with E-state index >= 15 is 0 Å². The average molecular weight is 411 g/mol. The van der Waals surface area contributed by atoms with Gasteiger partial charge in [0.2, 0.25) is 0 Å². The minimum absolute atomic E-state index is 0.0572. The number of carbonyl (C=O) groups is 2.